The number of hydrogen-bond donors (Lipinski definition) is 3. The van der Waals surface area contributed by atoms with E-state index in [4.69, 9.17) is 9.47 Å². The van der Waals surface area contributed by atoms with Gasteiger partial charge in [-0.15, -0.1) is 0 Å². The first-order valence-electron chi connectivity index (χ1n) is 10.1. The summed E-state index contributed by atoms with van der Waals surface area (Å²) in [6.07, 6.45) is 3.42. The smallest absolute Gasteiger partial charge is 0.213 e. The molecule has 0 aromatic heterocycles. The summed E-state index contributed by atoms with van der Waals surface area (Å²) in [5, 5.41) is 6.46. The van der Waals surface area contributed by atoms with Gasteiger partial charge in [-0.2, -0.15) is 0 Å². The highest BCUT2D eigenvalue weighted by Crippen LogP contribution is 2.29. The number of aliphatic imine (C=N–C) groups is 1. The van der Waals surface area contributed by atoms with Crippen LogP contribution in [0.3, 0.4) is 0 Å². The SMILES string of the molecule is CCNC(=NCCS(=O)(=O)NCC1CCC1)NC(C)c1cc(OC)ccc1OC. The summed E-state index contributed by atoms with van der Waals surface area (Å²) in [5.74, 6) is 2.49. The molecular weight excluding hydrogens is 392 g/mol. The Balaban J connectivity index is 1.97. The Morgan fingerprint density at radius 3 is 2.62 bits per heavy atom. The van der Waals surface area contributed by atoms with E-state index in [9.17, 15) is 8.42 Å². The van der Waals surface area contributed by atoms with Gasteiger partial charge in [-0.3, -0.25) is 4.99 Å². The lowest BCUT2D eigenvalue weighted by Gasteiger charge is -2.25. The molecular formula is C20H34N4O4S. The number of methoxy groups -OCH3 is 2. The lowest BCUT2D eigenvalue weighted by molar-refractivity contribution is 0.316. The van der Waals surface area contributed by atoms with Crippen LogP contribution in [0.4, 0.5) is 0 Å². The number of ether oxygens (including phenoxy) is 2. The average Bonchev–Trinajstić information content (AvgIpc) is 2.66. The molecule has 1 saturated carbocycles. The minimum Gasteiger partial charge on any atom is -0.497 e. The quantitative estimate of drug-likeness (QED) is 0.370. The zero-order valence-corrected chi connectivity index (χ0v) is 18.6. The van der Waals surface area contributed by atoms with Gasteiger partial charge in [0.25, 0.3) is 0 Å². The molecule has 0 heterocycles. The van der Waals surface area contributed by atoms with E-state index >= 15 is 0 Å². The van der Waals surface area contributed by atoms with Crippen molar-refractivity contribution < 1.29 is 17.9 Å². The van der Waals surface area contributed by atoms with Crippen LogP contribution in [-0.2, 0) is 10.0 Å². The zero-order chi connectivity index (χ0) is 21.3. The van der Waals surface area contributed by atoms with E-state index in [2.05, 4.69) is 20.3 Å². The van der Waals surface area contributed by atoms with E-state index in [0.29, 0.717) is 25.0 Å². The molecule has 1 aromatic carbocycles. The second-order valence-electron chi connectivity index (χ2n) is 7.20. The fraction of sp³-hybridized carbons (Fsp3) is 0.650. The molecule has 1 fully saturated rings. The monoisotopic (exact) mass is 426 g/mol. The average molecular weight is 427 g/mol. The predicted octanol–water partition coefficient (Wildman–Crippen LogP) is 2.04. The molecule has 8 nitrogen and oxygen atoms in total. The van der Waals surface area contributed by atoms with Crippen molar-refractivity contribution in [2.75, 3.05) is 39.6 Å². The first-order valence-corrected chi connectivity index (χ1v) is 11.8. The number of nitrogens with zero attached hydrogens (tertiary/aromatic N) is 1. The highest BCUT2D eigenvalue weighted by atomic mass is 32.2. The van der Waals surface area contributed by atoms with E-state index in [-0.39, 0.29) is 18.3 Å². The molecule has 0 bridgehead atoms. The summed E-state index contributed by atoms with van der Waals surface area (Å²) in [6, 6.07) is 5.49. The van der Waals surface area contributed by atoms with Crippen molar-refractivity contribution in [3.05, 3.63) is 23.8 Å². The highest BCUT2D eigenvalue weighted by molar-refractivity contribution is 7.89. The Kier molecular flexibility index (Phi) is 9.03. The van der Waals surface area contributed by atoms with E-state index in [1.807, 2.05) is 32.0 Å². The van der Waals surface area contributed by atoms with Gasteiger partial charge in [-0.1, -0.05) is 6.42 Å². The van der Waals surface area contributed by atoms with Crippen LogP contribution in [-0.4, -0.2) is 54.0 Å². The van der Waals surface area contributed by atoms with Crippen LogP contribution in [0.15, 0.2) is 23.2 Å². The third kappa shape index (κ3) is 7.40. The van der Waals surface area contributed by atoms with Crippen LogP contribution in [0.1, 0.15) is 44.7 Å². The number of guanidine groups is 1. The van der Waals surface area contributed by atoms with E-state index in [1.54, 1.807) is 14.2 Å². The topological polar surface area (TPSA) is 101 Å². The van der Waals surface area contributed by atoms with E-state index in [1.165, 1.54) is 6.42 Å². The minimum atomic E-state index is -3.31. The lowest BCUT2D eigenvalue weighted by Crippen LogP contribution is -2.39. The summed E-state index contributed by atoms with van der Waals surface area (Å²) in [5.41, 5.74) is 0.923. The molecule has 1 atom stereocenters. The number of nitrogens with one attached hydrogen (secondary N) is 3. The second-order valence-corrected chi connectivity index (χ2v) is 9.13. The van der Waals surface area contributed by atoms with Crippen LogP contribution in [0.25, 0.3) is 0 Å². The van der Waals surface area contributed by atoms with Crippen molar-refractivity contribution >= 4 is 16.0 Å². The third-order valence-electron chi connectivity index (χ3n) is 5.05. The third-order valence-corrected chi connectivity index (χ3v) is 6.37. The van der Waals surface area contributed by atoms with Crippen LogP contribution in [0.2, 0.25) is 0 Å². The molecule has 1 aliphatic rings. The molecule has 1 aliphatic carbocycles. The van der Waals surface area contributed by atoms with Gasteiger partial charge < -0.3 is 20.1 Å². The Morgan fingerprint density at radius 1 is 1.28 bits per heavy atom. The predicted molar refractivity (Wildman–Crippen MR) is 116 cm³/mol. The number of sulfonamides is 1. The first kappa shape index (κ1) is 23.3. The van der Waals surface area contributed by atoms with Crippen molar-refractivity contribution in [3.8, 4) is 11.5 Å². The number of hydrogen-bond acceptors (Lipinski definition) is 5. The Bertz CT molecular complexity index is 779. The van der Waals surface area contributed by atoms with Crippen LogP contribution in [0, 0.1) is 5.92 Å². The molecule has 164 valence electrons. The van der Waals surface area contributed by atoms with Crippen molar-refractivity contribution in [1.29, 1.82) is 0 Å². The molecule has 29 heavy (non-hydrogen) atoms. The van der Waals surface area contributed by atoms with Gasteiger partial charge in [0.2, 0.25) is 10.0 Å². The number of rotatable bonds is 11. The van der Waals surface area contributed by atoms with Gasteiger partial charge in [0, 0.05) is 18.7 Å². The van der Waals surface area contributed by atoms with Crippen molar-refractivity contribution in [3.63, 3.8) is 0 Å². The molecule has 0 spiro atoms. The van der Waals surface area contributed by atoms with Crippen molar-refractivity contribution in [2.24, 2.45) is 10.9 Å². The molecule has 1 aromatic rings. The molecule has 1 unspecified atom stereocenters. The first-order chi connectivity index (χ1) is 13.9. The summed E-state index contributed by atoms with van der Waals surface area (Å²) in [6.45, 7) is 5.33. The van der Waals surface area contributed by atoms with Gasteiger partial charge in [0.05, 0.1) is 32.6 Å². The van der Waals surface area contributed by atoms with Crippen molar-refractivity contribution in [2.45, 2.75) is 39.2 Å². The van der Waals surface area contributed by atoms with E-state index < -0.39 is 10.0 Å². The Labute approximate surface area is 174 Å². The van der Waals surface area contributed by atoms with Crippen LogP contribution in [0.5, 0.6) is 11.5 Å². The molecule has 9 heteroatoms. The van der Waals surface area contributed by atoms with Gasteiger partial charge in [-0.05, 0) is 50.8 Å². The van der Waals surface area contributed by atoms with Gasteiger partial charge in [0.1, 0.15) is 11.5 Å². The molecule has 0 saturated heterocycles. The second kappa shape index (κ2) is 11.3. The Morgan fingerprint density at radius 2 is 2.03 bits per heavy atom. The summed E-state index contributed by atoms with van der Waals surface area (Å²) in [7, 11) is -0.0694. The summed E-state index contributed by atoms with van der Waals surface area (Å²) < 4.78 is 37.8. The minimum absolute atomic E-state index is 0.0346. The molecule has 2 rings (SSSR count). The fourth-order valence-corrected chi connectivity index (χ4v) is 4.04. The van der Waals surface area contributed by atoms with Crippen LogP contribution < -0.4 is 24.8 Å². The van der Waals surface area contributed by atoms with Crippen molar-refractivity contribution in [1.82, 2.24) is 15.4 Å². The maximum absolute atomic E-state index is 12.2. The molecule has 0 amide bonds. The molecule has 0 radical (unpaired) electrons. The zero-order valence-electron chi connectivity index (χ0n) is 17.8. The summed E-state index contributed by atoms with van der Waals surface area (Å²) >= 11 is 0. The maximum atomic E-state index is 12.2. The fourth-order valence-electron chi connectivity index (χ4n) is 3.07. The van der Waals surface area contributed by atoms with Gasteiger partial charge in [0.15, 0.2) is 5.96 Å². The normalized spacial score (nSPS) is 16.1. The summed E-state index contributed by atoms with van der Waals surface area (Å²) in [4.78, 5) is 4.43. The van der Waals surface area contributed by atoms with Gasteiger partial charge in [-0.25, -0.2) is 13.1 Å². The maximum Gasteiger partial charge on any atom is 0.213 e. The Hall–Kier alpha value is -2.00. The number of benzene rings is 1. The highest BCUT2D eigenvalue weighted by Gasteiger charge is 2.20. The standard InChI is InChI=1S/C20H34N4O4S/c1-5-21-20(22-11-12-29(25,26)23-14-16-7-6-8-16)24-15(2)18-13-17(27-3)9-10-19(18)28-4/h9-10,13,15-16,23H,5-8,11-12,14H2,1-4H3,(H2,21,22,24). The largest absolute Gasteiger partial charge is 0.497 e. The molecule has 0 aliphatic heterocycles. The van der Waals surface area contributed by atoms with Gasteiger partial charge >= 0.3 is 0 Å². The van der Waals surface area contributed by atoms with Crippen LogP contribution >= 0.6 is 0 Å². The molecule has 3 N–H and O–H groups in total. The lowest BCUT2D eigenvalue weighted by atomic mass is 9.86. The van der Waals surface area contributed by atoms with E-state index in [0.717, 1.165) is 29.9 Å².